The van der Waals surface area contributed by atoms with Gasteiger partial charge in [-0.05, 0) is 37.5 Å². The van der Waals surface area contributed by atoms with E-state index in [1.165, 1.54) is 17.7 Å². The summed E-state index contributed by atoms with van der Waals surface area (Å²) < 4.78 is 0. The van der Waals surface area contributed by atoms with Crippen molar-refractivity contribution in [2.24, 2.45) is 4.99 Å². The number of likely N-dealkylation sites (tertiary alicyclic amines) is 1. The molecule has 1 saturated heterocycles. The van der Waals surface area contributed by atoms with Gasteiger partial charge in [-0.15, -0.1) is 0 Å². The summed E-state index contributed by atoms with van der Waals surface area (Å²) in [5, 5.41) is 20.9. The zero-order chi connectivity index (χ0) is 21.9. The Bertz CT molecular complexity index is 833. The molecule has 0 aliphatic carbocycles. The molecular formula is C23H32N6O2. The fraction of sp³-hybridized carbons (Fsp3) is 0.435. The zero-order valence-electron chi connectivity index (χ0n) is 18.1. The first-order valence-electron chi connectivity index (χ1n) is 10.9. The first-order chi connectivity index (χ1) is 15.1. The molecule has 0 radical (unpaired) electrons. The lowest BCUT2D eigenvalue weighted by atomic mass is 10.0. The van der Waals surface area contributed by atoms with Gasteiger partial charge in [-0.25, -0.2) is 0 Å². The van der Waals surface area contributed by atoms with E-state index in [1.807, 2.05) is 0 Å². The van der Waals surface area contributed by atoms with Crippen LogP contribution in [0.4, 0.5) is 11.4 Å². The van der Waals surface area contributed by atoms with Crippen LogP contribution in [0.1, 0.15) is 25.3 Å². The summed E-state index contributed by atoms with van der Waals surface area (Å²) in [4.78, 5) is 17.5. The van der Waals surface area contributed by atoms with Gasteiger partial charge in [-0.1, -0.05) is 30.3 Å². The van der Waals surface area contributed by atoms with Crippen molar-refractivity contribution >= 4 is 17.3 Å². The summed E-state index contributed by atoms with van der Waals surface area (Å²) >= 11 is 0. The summed E-state index contributed by atoms with van der Waals surface area (Å²) in [6, 6.07) is 17.5. The molecule has 8 heteroatoms. The zero-order valence-corrected chi connectivity index (χ0v) is 18.1. The molecule has 1 aliphatic rings. The van der Waals surface area contributed by atoms with Crippen LogP contribution in [0, 0.1) is 10.1 Å². The Hall–Kier alpha value is -3.13. The fourth-order valence-electron chi connectivity index (χ4n) is 3.66. The number of nitrogens with one attached hydrogen (secondary N) is 3. The highest BCUT2D eigenvalue weighted by molar-refractivity contribution is 5.80. The number of aliphatic imine (C=N–C) groups is 1. The number of nitrogens with zero attached hydrogens (tertiary/aromatic N) is 3. The first kappa shape index (κ1) is 22.6. The third-order valence-electron chi connectivity index (χ3n) is 5.31. The second-order valence-electron chi connectivity index (χ2n) is 7.67. The Balaban J connectivity index is 1.40. The van der Waals surface area contributed by atoms with E-state index in [0.717, 1.165) is 50.7 Å². The molecule has 0 bridgehead atoms. The Kier molecular flexibility index (Phi) is 8.66. The van der Waals surface area contributed by atoms with Crippen molar-refractivity contribution in [2.75, 3.05) is 38.0 Å². The van der Waals surface area contributed by atoms with Gasteiger partial charge in [0.15, 0.2) is 5.96 Å². The van der Waals surface area contributed by atoms with Crippen LogP contribution in [-0.2, 0) is 6.54 Å². The van der Waals surface area contributed by atoms with Crippen LogP contribution >= 0.6 is 0 Å². The van der Waals surface area contributed by atoms with Crippen molar-refractivity contribution in [3.8, 4) is 0 Å². The molecular weight excluding hydrogens is 392 g/mol. The fourth-order valence-corrected chi connectivity index (χ4v) is 3.66. The van der Waals surface area contributed by atoms with Gasteiger partial charge >= 0.3 is 0 Å². The van der Waals surface area contributed by atoms with Crippen molar-refractivity contribution < 1.29 is 4.92 Å². The molecule has 3 rings (SSSR count). The van der Waals surface area contributed by atoms with E-state index in [0.29, 0.717) is 19.1 Å². The molecule has 8 nitrogen and oxygen atoms in total. The predicted octanol–water partition coefficient (Wildman–Crippen LogP) is 3.23. The highest BCUT2D eigenvalue weighted by Gasteiger charge is 2.20. The number of piperidine rings is 1. The Morgan fingerprint density at radius 2 is 1.84 bits per heavy atom. The topological polar surface area (TPSA) is 94.8 Å². The average Bonchev–Trinajstić information content (AvgIpc) is 2.79. The van der Waals surface area contributed by atoms with Crippen LogP contribution in [-0.4, -0.2) is 54.5 Å². The molecule has 3 N–H and O–H groups in total. The van der Waals surface area contributed by atoms with Crippen LogP contribution in [0.25, 0.3) is 0 Å². The number of non-ortho nitro benzene ring substituents is 1. The van der Waals surface area contributed by atoms with Gasteiger partial charge in [0.1, 0.15) is 0 Å². The maximum absolute atomic E-state index is 10.7. The van der Waals surface area contributed by atoms with Gasteiger partial charge in [0.25, 0.3) is 5.69 Å². The van der Waals surface area contributed by atoms with Crippen LogP contribution in [0.2, 0.25) is 0 Å². The molecule has 1 aliphatic heterocycles. The van der Waals surface area contributed by atoms with Gasteiger partial charge in [0.05, 0.1) is 11.5 Å². The minimum Gasteiger partial charge on any atom is -0.383 e. The molecule has 1 fully saturated rings. The summed E-state index contributed by atoms with van der Waals surface area (Å²) in [6.07, 6.45) is 2.19. The molecule has 0 spiro atoms. The van der Waals surface area contributed by atoms with E-state index >= 15 is 0 Å². The van der Waals surface area contributed by atoms with Crippen LogP contribution in [0.3, 0.4) is 0 Å². The molecule has 166 valence electrons. The van der Waals surface area contributed by atoms with Crippen LogP contribution in [0.15, 0.2) is 59.6 Å². The molecule has 0 saturated carbocycles. The quantitative estimate of drug-likeness (QED) is 0.188. The number of hydrogen-bond acceptors (Lipinski definition) is 5. The second kappa shape index (κ2) is 11.9. The maximum Gasteiger partial charge on any atom is 0.269 e. The molecule has 0 unspecified atom stereocenters. The van der Waals surface area contributed by atoms with E-state index in [9.17, 15) is 10.1 Å². The standard InChI is InChI=1S/C23H32N6O2/c1-2-24-23(26-15-14-25-20-8-10-22(11-9-20)29(30)31)27-21-12-16-28(17-13-21)18-19-6-4-3-5-7-19/h3-11,21,25H,2,12-18H2,1H3,(H2,24,26,27). The van der Waals surface area contributed by atoms with Gasteiger partial charge in [0.2, 0.25) is 0 Å². The minimum atomic E-state index is -0.394. The highest BCUT2D eigenvalue weighted by Crippen LogP contribution is 2.15. The predicted molar refractivity (Wildman–Crippen MR) is 125 cm³/mol. The van der Waals surface area contributed by atoms with E-state index < -0.39 is 4.92 Å². The molecule has 1 heterocycles. The number of hydrogen-bond donors (Lipinski definition) is 3. The van der Waals surface area contributed by atoms with Crippen molar-refractivity contribution in [2.45, 2.75) is 32.4 Å². The summed E-state index contributed by atoms with van der Waals surface area (Å²) in [7, 11) is 0. The van der Waals surface area contributed by atoms with E-state index in [1.54, 1.807) is 12.1 Å². The average molecular weight is 425 g/mol. The lowest BCUT2D eigenvalue weighted by Gasteiger charge is -2.33. The summed E-state index contributed by atoms with van der Waals surface area (Å²) in [6.45, 7) is 7.31. The number of benzene rings is 2. The molecule has 0 atom stereocenters. The maximum atomic E-state index is 10.7. The SMILES string of the molecule is CCNC(=NCCNc1ccc([N+](=O)[O-])cc1)NC1CCN(Cc2ccccc2)CC1. The number of nitro groups is 1. The number of nitro benzene ring substituents is 1. The van der Waals surface area contributed by atoms with Gasteiger partial charge in [0, 0.05) is 56.6 Å². The largest absolute Gasteiger partial charge is 0.383 e. The lowest BCUT2D eigenvalue weighted by molar-refractivity contribution is -0.384. The third kappa shape index (κ3) is 7.57. The van der Waals surface area contributed by atoms with Crippen molar-refractivity contribution in [3.05, 3.63) is 70.3 Å². The Morgan fingerprint density at radius 3 is 2.48 bits per heavy atom. The number of rotatable bonds is 9. The van der Waals surface area contributed by atoms with Crippen LogP contribution < -0.4 is 16.0 Å². The summed E-state index contributed by atoms with van der Waals surface area (Å²) in [5.74, 6) is 0.842. The van der Waals surface area contributed by atoms with Gasteiger partial charge in [-0.2, -0.15) is 0 Å². The number of anilines is 1. The van der Waals surface area contributed by atoms with Crippen LogP contribution in [0.5, 0.6) is 0 Å². The molecule has 0 amide bonds. The monoisotopic (exact) mass is 424 g/mol. The normalized spacial score (nSPS) is 15.5. The van der Waals surface area contributed by atoms with Crippen molar-refractivity contribution in [3.63, 3.8) is 0 Å². The molecule has 0 aromatic heterocycles. The van der Waals surface area contributed by atoms with Crippen molar-refractivity contribution in [1.29, 1.82) is 0 Å². The molecule has 31 heavy (non-hydrogen) atoms. The van der Waals surface area contributed by atoms with Gasteiger partial charge in [-0.3, -0.25) is 20.0 Å². The first-order valence-corrected chi connectivity index (χ1v) is 10.9. The lowest BCUT2D eigenvalue weighted by Crippen LogP contribution is -2.48. The molecule has 2 aromatic rings. The van der Waals surface area contributed by atoms with E-state index in [4.69, 9.17) is 0 Å². The Morgan fingerprint density at radius 1 is 1.13 bits per heavy atom. The van der Waals surface area contributed by atoms with Gasteiger partial charge < -0.3 is 16.0 Å². The van der Waals surface area contributed by atoms with E-state index in [-0.39, 0.29) is 5.69 Å². The minimum absolute atomic E-state index is 0.0945. The summed E-state index contributed by atoms with van der Waals surface area (Å²) in [5.41, 5.74) is 2.31. The highest BCUT2D eigenvalue weighted by atomic mass is 16.6. The second-order valence-corrected chi connectivity index (χ2v) is 7.67. The number of guanidine groups is 1. The third-order valence-corrected chi connectivity index (χ3v) is 5.31. The smallest absolute Gasteiger partial charge is 0.269 e. The van der Waals surface area contributed by atoms with Crippen molar-refractivity contribution in [1.82, 2.24) is 15.5 Å². The van der Waals surface area contributed by atoms with E-state index in [2.05, 4.69) is 63.1 Å². The molecule has 2 aromatic carbocycles. The Labute approximate surface area is 183 Å².